The Labute approximate surface area is 124 Å². The maximum Gasteiger partial charge on any atom is 0.306 e. The molecule has 0 spiro atoms. The van der Waals surface area contributed by atoms with E-state index in [0.717, 1.165) is 11.8 Å². The first-order chi connectivity index (χ1) is 9.89. The number of ether oxygens (including phenoxy) is 1. The van der Waals surface area contributed by atoms with Crippen molar-refractivity contribution in [1.82, 2.24) is 4.90 Å². The van der Waals surface area contributed by atoms with E-state index in [4.69, 9.17) is 8.92 Å². The van der Waals surface area contributed by atoms with Gasteiger partial charge in [0.15, 0.2) is 0 Å². The zero-order valence-electron chi connectivity index (χ0n) is 11.7. The predicted molar refractivity (Wildman–Crippen MR) is 77.4 cm³/mol. The molecule has 0 aromatic heterocycles. The third-order valence-electron chi connectivity index (χ3n) is 3.00. The number of hydrogen-bond acceptors (Lipinski definition) is 5. The van der Waals surface area contributed by atoms with Gasteiger partial charge in [-0.15, -0.1) is 6.58 Å². The Morgan fingerprint density at radius 1 is 1.43 bits per heavy atom. The highest BCUT2D eigenvalue weighted by atomic mass is 32.2. The summed E-state index contributed by atoms with van der Waals surface area (Å²) in [5.74, 6) is 0.180. The number of amides is 1. The van der Waals surface area contributed by atoms with Gasteiger partial charge in [0.1, 0.15) is 18.5 Å². The maximum absolute atomic E-state index is 11.6. The van der Waals surface area contributed by atoms with Crippen LogP contribution in [0.4, 0.5) is 0 Å². The lowest BCUT2D eigenvalue weighted by Gasteiger charge is -2.32. The van der Waals surface area contributed by atoms with Crippen molar-refractivity contribution in [1.29, 1.82) is 0 Å². The normalized spacial score (nSPS) is 19.4. The molecule has 1 heterocycles. The summed E-state index contributed by atoms with van der Waals surface area (Å²) in [6.45, 7) is 4.57. The van der Waals surface area contributed by atoms with Crippen LogP contribution in [-0.2, 0) is 19.6 Å². The molecule has 7 heteroatoms. The average Bonchev–Trinajstić information content (AvgIpc) is 2.41. The second kappa shape index (κ2) is 6.28. The van der Waals surface area contributed by atoms with Crippen LogP contribution in [0.15, 0.2) is 36.9 Å². The quantitative estimate of drug-likeness (QED) is 0.601. The maximum atomic E-state index is 11.6. The van der Waals surface area contributed by atoms with Gasteiger partial charge in [0.05, 0.1) is 12.8 Å². The molecule has 114 valence electrons. The molecular weight excluding hydrogens is 294 g/mol. The minimum Gasteiger partial charge on any atom is -0.383 e. The summed E-state index contributed by atoms with van der Waals surface area (Å²) in [4.78, 5) is 13.3. The van der Waals surface area contributed by atoms with Gasteiger partial charge in [-0.1, -0.05) is 18.2 Å². The number of morpholine rings is 1. The van der Waals surface area contributed by atoms with Gasteiger partial charge >= 0.3 is 10.1 Å². The van der Waals surface area contributed by atoms with Crippen molar-refractivity contribution in [2.45, 2.75) is 6.10 Å². The number of carbonyl (C=O) groups excluding carboxylic acids is 1. The second-order valence-corrected chi connectivity index (χ2v) is 6.32. The molecule has 0 bridgehead atoms. The van der Waals surface area contributed by atoms with Gasteiger partial charge in [-0.25, -0.2) is 0 Å². The first-order valence-electron chi connectivity index (χ1n) is 6.39. The summed E-state index contributed by atoms with van der Waals surface area (Å²) in [6, 6.07) is 6.59. The van der Waals surface area contributed by atoms with E-state index in [2.05, 4.69) is 6.58 Å². The summed E-state index contributed by atoms with van der Waals surface area (Å²) >= 11 is 0. The highest BCUT2D eigenvalue weighted by Gasteiger charge is 2.26. The van der Waals surface area contributed by atoms with Crippen molar-refractivity contribution in [3.63, 3.8) is 0 Å². The van der Waals surface area contributed by atoms with E-state index in [0.29, 0.717) is 13.1 Å². The predicted octanol–water partition coefficient (Wildman–Crippen LogP) is 1.11. The van der Waals surface area contributed by atoms with E-state index >= 15 is 0 Å². The van der Waals surface area contributed by atoms with Crippen LogP contribution in [0.5, 0.6) is 5.75 Å². The number of rotatable bonds is 5. The number of benzene rings is 1. The summed E-state index contributed by atoms with van der Waals surface area (Å²) in [5.41, 5.74) is 0.859. The third kappa shape index (κ3) is 4.30. The first-order valence-corrected chi connectivity index (χ1v) is 8.20. The minimum atomic E-state index is -3.53. The lowest BCUT2D eigenvalue weighted by molar-refractivity contribution is -0.148. The SMILES string of the molecule is C=CCN1CC(c2ccc(OS(C)(=O)=O)cc2)OCC1=O. The summed E-state index contributed by atoms with van der Waals surface area (Å²) in [6.07, 6.45) is 2.42. The monoisotopic (exact) mass is 311 g/mol. The van der Waals surface area contributed by atoms with E-state index in [9.17, 15) is 13.2 Å². The van der Waals surface area contributed by atoms with E-state index in [1.165, 1.54) is 0 Å². The Balaban J connectivity index is 2.08. The fraction of sp³-hybridized carbons (Fsp3) is 0.357. The fourth-order valence-electron chi connectivity index (χ4n) is 2.06. The fourth-order valence-corrected chi connectivity index (χ4v) is 2.53. The molecule has 1 atom stereocenters. The molecule has 6 nitrogen and oxygen atoms in total. The smallest absolute Gasteiger partial charge is 0.306 e. The highest BCUT2D eigenvalue weighted by molar-refractivity contribution is 7.86. The number of carbonyl (C=O) groups is 1. The lowest BCUT2D eigenvalue weighted by Crippen LogP contribution is -2.43. The van der Waals surface area contributed by atoms with Gasteiger partial charge < -0.3 is 13.8 Å². The Kier molecular flexibility index (Phi) is 4.64. The van der Waals surface area contributed by atoms with E-state index in [-0.39, 0.29) is 24.4 Å². The molecular formula is C14H17NO5S. The summed E-state index contributed by atoms with van der Waals surface area (Å²) < 4.78 is 32.4. The van der Waals surface area contributed by atoms with Crippen LogP contribution in [-0.4, -0.2) is 45.2 Å². The Hall–Kier alpha value is -1.86. The van der Waals surface area contributed by atoms with Crippen molar-refractivity contribution in [2.75, 3.05) is 26.0 Å². The van der Waals surface area contributed by atoms with Crippen molar-refractivity contribution in [3.05, 3.63) is 42.5 Å². The average molecular weight is 311 g/mol. The first kappa shape index (κ1) is 15.5. The van der Waals surface area contributed by atoms with Gasteiger partial charge in [0, 0.05) is 6.54 Å². The molecule has 1 aromatic carbocycles. The van der Waals surface area contributed by atoms with Crippen molar-refractivity contribution in [3.8, 4) is 5.75 Å². The van der Waals surface area contributed by atoms with Gasteiger partial charge in [-0.3, -0.25) is 4.79 Å². The van der Waals surface area contributed by atoms with Crippen molar-refractivity contribution in [2.24, 2.45) is 0 Å². The van der Waals surface area contributed by atoms with Crippen LogP contribution in [0, 0.1) is 0 Å². The van der Waals surface area contributed by atoms with Crippen LogP contribution in [0.25, 0.3) is 0 Å². The van der Waals surface area contributed by atoms with Crippen LogP contribution in [0.3, 0.4) is 0 Å². The summed E-state index contributed by atoms with van der Waals surface area (Å²) in [7, 11) is -3.53. The standard InChI is InChI=1S/C14H17NO5S/c1-3-8-15-9-13(19-10-14(15)16)11-4-6-12(7-5-11)20-21(2,17)18/h3-7,13H,1,8-10H2,2H3. The van der Waals surface area contributed by atoms with Crippen LogP contribution >= 0.6 is 0 Å². The van der Waals surface area contributed by atoms with Gasteiger partial charge in [0.25, 0.3) is 0 Å². The molecule has 1 fully saturated rings. The Morgan fingerprint density at radius 2 is 2.10 bits per heavy atom. The van der Waals surface area contributed by atoms with Crippen molar-refractivity contribution < 1.29 is 22.1 Å². The Bertz CT molecular complexity index is 623. The molecule has 0 radical (unpaired) electrons. The lowest BCUT2D eigenvalue weighted by atomic mass is 10.1. The zero-order valence-corrected chi connectivity index (χ0v) is 12.5. The summed E-state index contributed by atoms with van der Waals surface area (Å²) in [5, 5.41) is 0. The minimum absolute atomic E-state index is 0.0279. The molecule has 1 aliphatic rings. The molecule has 1 amide bonds. The van der Waals surface area contributed by atoms with Crippen LogP contribution in [0.2, 0.25) is 0 Å². The largest absolute Gasteiger partial charge is 0.383 e. The van der Waals surface area contributed by atoms with Gasteiger partial charge in [0.2, 0.25) is 5.91 Å². The molecule has 0 aliphatic carbocycles. The highest BCUT2D eigenvalue weighted by Crippen LogP contribution is 2.25. The van der Waals surface area contributed by atoms with E-state index < -0.39 is 10.1 Å². The molecule has 1 saturated heterocycles. The molecule has 0 saturated carbocycles. The van der Waals surface area contributed by atoms with E-state index in [1.54, 1.807) is 35.2 Å². The number of nitrogens with zero attached hydrogens (tertiary/aromatic N) is 1. The topological polar surface area (TPSA) is 72.9 Å². The van der Waals surface area contributed by atoms with Crippen molar-refractivity contribution >= 4 is 16.0 Å². The number of hydrogen-bond donors (Lipinski definition) is 0. The molecule has 2 rings (SSSR count). The Morgan fingerprint density at radius 3 is 2.67 bits per heavy atom. The van der Waals surface area contributed by atoms with Crippen LogP contribution in [0.1, 0.15) is 11.7 Å². The molecule has 1 unspecified atom stereocenters. The third-order valence-corrected chi connectivity index (χ3v) is 3.49. The molecule has 0 N–H and O–H groups in total. The van der Waals surface area contributed by atoms with Crippen LogP contribution < -0.4 is 4.18 Å². The second-order valence-electron chi connectivity index (χ2n) is 4.74. The molecule has 1 aromatic rings. The van der Waals surface area contributed by atoms with Gasteiger partial charge in [-0.05, 0) is 17.7 Å². The van der Waals surface area contributed by atoms with E-state index in [1.807, 2.05) is 0 Å². The molecule has 1 aliphatic heterocycles. The molecule has 21 heavy (non-hydrogen) atoms. The van der Waals surface area contributed by atoms with Gasteiger partial charge in [-0.2, -0.15) is 8.42 Å². The zero-order chi connectivity index (χ0) is 15.5.